The van der Waals surface area contributed by atoms with E-state index in [9.17, 15) is 31.1 Å². The minimum absolute atomic E-state index is 0.00267. The average Bonchev–Trinajstić information content (AvgIpc) is 3.41. The third kappa shape index (κ3) is 5.25. The lowest BCUT2D eigenvalue weighted by atomic mass is 10.0. The molecule has 0 spiro atoms. The van der Waals surface area contributed by atoms with E-state index in [4.69, 9.17) is 0 Å². The first-order chi connectivity index (χ1) is 17.4. The molecule has 0 radical (unpaired) electrons. The average molecular weight is 524 g/mol. The summed E-state index contributed by atoms with van der Waals surface area (Å²) >= 11 is 0. The number of aryl methyl sites for hydroxylation is 1. The van der Waals surface area contributed by atoms with Crippen molar-refractivity contribution in [2.45, 2.75) is 38.2 Å². The quantitative estimate of drug-likeness (QED) is 0.477. The molecule has 3 aromatic rings. The molecule has 2 fully saturated rings. The number of fused-ring (bicyclic) bond motifs is 1. The Morgan fingerprint density at radius 3 is 2.46 bits per heavy atom. The molecule has 4 heterocycles. The molecule has 3 aromatic heterocycles. The number of rotatable bonds is 5. The van der Waals surface area contributed by atoms with Crippen LogP contribution in [0.5, 0.6) is 0 Å². The first-order valence-corrected chi connectivity index (χ1v) is 11.6. The molecule has 1 saturated heterocycles. The molecule has 1 saturated carbocycles. The highest BCUT2D eigenvalue weighted by molar-refractivity contribution is 5.96. The van der Waals surface area contributed by atoms with Crippen LogP contribution in [-0.2, 0) is 12.4 Å². The van der Waals surface area contributed by atoms with Crippen LogP contribution in [0.3, 0.4) is 0 Å². The molecule has 1 amide bonds. The number of likely N-dealkylation sites (tertiary alicyclic amines) is 1. The first-order valence-electron chi connectivity index (χ1n) is 11.6. The van der Waals surface area contributed by atoms with Crippen molar-refractivity contribution in [2.24, 2.45) is 11.8 Å². The lowest BCUT2D eigenvalue weighted by Crippen LogP contribution is -2.48. The van der Waals surface area contributed by atoms with Crippen molar-refractivity contribution in [1.29, 1.82) is 0 Å². The van der Waals surface area contributed by atoms with Crippen molar-refractivity contribution in [1.82, 2.24) is 24.4 Å². The second kappa shape index (κ2) is 9.03. The number of nitrogens with one attached hydrogen (secondary N) is 1. The highest BCUT2D eigenvalue weighted by Crippen LogP contribution is 2.47. The predicted octanol–water partition coefficient (Wildman–Crippen LogP) is 4.97. The summed E-state index contributed by atoms with van der Waals surface area (Å²) in [5, 5.41) is 3.01. The number of piperidine rings is 1. The summed E-state index contributed by atoms with van der Waals surface area (Å²) in [6, 6.07) is 4.99. The number of aromatic nitrogens is 4. The summed E-state index contributed by atoms with van der Waals surface area (Å²) in [6.45, 7) is 2.39. The zero-order valence-corrected chi connectivity index (χ0v) is 19.5. The smallest absolute Gasteiger partial charge is 0.368 e. The first kappa shape index (κ1) is 25.0. The van der Waals surface area contributed by atoms with Gasteiger partial charge in [0.1, 0.15) is 5.82 Å². The largest absolute Gasteiger partial charge is 0.434 e. The van der Waals surface area contributed by atoms with Crippen LogP contribution in [-0.4, -0.2) is 49.5 Å². The molecule has 196 valence electrons. The van der Waals surface area contributed by atoms with E-state index in [1.54, 1.807) is 17.9 Å². The van der Waals surface area contributed by atoms with E-state index in [0.717, 1.165) is 35.8 Å². The van der Waals surface area contributed by atoms with E-state index in [1.165, 1.54) is 12.1 Å². The van der Waals surface area contributed by atoms with Crippen LogP contribution in [0.1, 0.15) is 40.3 Å². The van der Waals surface area contributed by atoms with Gasteiger partial charge < -0.3 is 14.8 Å². The number of alkyl halides is 6. The fraction of sp³-hybridized carbons (Fsp3) is 0.417. The number of imidazole rings is 1. The van der Waals surface area contributed by atoms with Crippen molar-refractivity contribution < 1.29 is 31.1 Å². The van der Waals surface area contributed by atoms with Crippen LogP contribution < -0.4 is 5.32 Å². The zero-order chi connectivity index (χ0) is 26.5. The number of halogens is 6. The van der Waals surface area contributed by atoms with Crippen LogP contribution in [0.15, 0.2) is 43.0 Å². The number of carbonyl (C=O) groups is 1. The maximum atomic E-state index is 13.7. The van der Waals surface area contributed by atoms with E-state index >= 15 is 0 Å². The van der Waals surface area contributed by atoms with Gasteiger partial charge >= 0.3 is 12.4 Å². The van der Waals surface area contributed by atoms with Crippen LogP contribution in [0.25, 0.3) is 5.69 Å². The maximum absolute atomic E-state index is 13.7. The Morgan fingerprint density at radius 2 is 1.81 bits per heavy atom. The second-order valence-corrected chi connectivity index (χ2v) is 9.40. The van der Waals surface area contributed by atoms with E-state index in [0.29, 0.717) is 30.5 Å². The summed E-state index contributed by atoms with van der Waals surface area (Å²) in [6.07, 6.45) is -4.93. The van der Waals surface area contributed by atoms with Gasteiger partial charge in [-0.3, -0.25) is 4.79 Å². The normalized spacial score (nSPS) is 21.5. The van der Waals surface area contributed by atoms with Crippen molar-refractivity contribution in [2.75, 3.05) is 18.4 Å². The number of nitrogens with zero attached hydrogens (tertiary/aromatic N) is 5. The van der Waals surface area contributed by atoms with Gasteiger partial charge in [-0.1, -0.05) is 0 Å². The molecule has 5 rings (SSSR count). The highest BCUT2D eigenvalue weighted by atomic mass is 19.4. The highest BCUT2D eigenvalue weighted by Gasteiger charge is 2.47. The lowest BCUT2D eigenvalue weighted by molar-refractivity contribution is -0.141. The van der Waals surface area contributed by atoms with Gasteiger partial charge in [-0.05, 0) is 55.9 Å². The van der Waals surface area contributed by atoms with Gasteiger partial charge in [0.25, 0.3) is 5.91 Å². The van der Waals surface area contributed by atoms with Gasteiger partial charge in [0, 0.05) is 37.2 Å². The summed E-state index contributed by atoms with van der Waals surface area (Å²) in [4.78, 5) is 27.0. The molecular weight excluding hydrogens is 502 g/mol. The molecule has 0 aromatic carbocycles. The minimum atomic E-state index is -4.63. The van der Waals surface area contributed by atoms with Gasteiger partial charge in [-0.25, -0.2) is 15.0 Å². The fourth-order valence-electron chi connectivity index (χ4n) is 4.68. The minimum Gasteiger partial charge on any atom is -0.368 e. The van der Waals surface area contributed by atoms with E-state index in [-0.39, 0.29) is 29.8 Å². The molecule has 37 heavy (non-hydrogen) atoms. The van der Waals surface area contributed by atoms with Gasteiger partial charge in [-0.15, -0.1) is 0 Å². The van der Waals surface area contributed by atoms with Gasteiger partial charge in [0.15, 0.2) is 11.4 Å². The number of hydrogen-bond donors (Lipinski definition) is 1. The molecule has 1 aliphatic heterocycles. The Labute approximate surface area is 207 Å². The lowest BCUT2D eigenvalue weighted by Gasteiger charge is -2.36. The standard InChI is InChI=1S/C24H22F6N6O/c1-13-2-4-18(35-11-19(33-12-35)24(28,29)30)21(34-13)22(37)36-10-15-6-14(15)7-17(36)9-32-20-5-3-16(8-31-20)23(25,26)27/h2-5,8,11-12,14-15,17H,6-7,9-10H2,1H3,(H,31,32)/t14-,15+,17+/m1/s1. The predicted molar refractivity (Wildman–Crippen MR) is 120 cm³/mol. The van der Waals surface area contributed by atoms with Crippen LogP contribution >= 0.6 is 0 Å². The van der Waals surface area contributed by atoms with Crippen molar-refractivity contribution >= 4 is 11.7 Å². The Balaban J connectivity index is 1.38. The molecule has 0 bridgehead atoms. The van der Waals surface area contributed by atoms with E-state index in [2.05, 4.69) is 20.3 Å². The van der Waals surface area contributed by atoms with Crippen LogP contribution in [0.2, 0.25) is 0 Å². The number of carbonyl (C=O) groups excluding carboxylic acids is 1. The number of amides is 1. The Morgan fingerprint density at radius 1 is 1.03 bits per heavy atom. The van der Waals surface area contributed by atoms with Crippen LogP contribution in [0.4, 0.5) is 32.2 Å². The molecule has 1 N–H and O–H groups in total. The zero-order valence-electron chi connectivity index (χ0n) is 19.5. The number of anilines is 1. The van der Waals surface area contributed by atoms with E-state index < -0.39 is 29.5 Å². The van der Waals surface area contributed by atoms with Gasteiger partial charge in [-0.2, -0.15) is 26.3 Å². The summed E-state index contributed by atoms with van der Waals surface area (Å²) in [7, 11) is 0. The van der Waals surface area contributed by atoms with Gasteiger partial charge in [0.2, 0.25) is 0 Å². The van der Waals surface area contributed by atoms with Gasteiger partial charge in [0.05, 0.1) is 17.6 Å². The molecular formula is C24H22F6N6O. The monoisotopic (exact) mass is 524 g/mol. The maximum Gasteiger partial charge on any atom is 0.434 e. The van der Waals surface area contributed by atoms with Crippen molar-refractivity contribution in [3.8, 4) is 5.69 Å². The molecule has 0 unspecified atom stereocenters. The third-order valence-corrected chi connectivity index (χ3v) is 6.75. The van der Waals surface area contributed by atoms with Crippen molar-refractivity contribution in [3.63, 3.8) is 0 Å². The summed E-state index contributed by atoms with van der Waals surface area (Å²) < 4.78 is 78.9. The molecule has 13 heteroatoms. The Hall–Kier alpha value is -3.64. The van der Waals surface area contributed by atoms with Crippen molar-refractivity contribution in [3.05, 3.63) is 65.6 Å². The van der Waals surface area contributed by atoms with E-state index in [1.807, 2.05) is 0 Å². The third-order valence-electron chi connectivity index (χ3n) is 6.75. The second-order valence-electron chi connectivity index (χ2n) is 9.40. The molecule has 2 aliphatic rings. The summed E-state index contributed by atoms with van der Waals surface area (Å²) in [5.74, 6) is 0.594. The number of pyridine rings is 2. The fourth-order valence-corrected chi connectivity index (χ4v) is 4.68. The number of hydrogen-bond acceptors (Lipinski definition) is 5. The topological polar surface area (TPSA) is 75.9 Å². The molecule has 7 nitrogen and oxygen atoms in total. The summed E-state index contributed by atoms with van der Waals surface area (Å²) in [5.41, 5.74) is -1.25. The SMILES string of the molecule is Cc1ccc(-n2cnc(C(F)(F)F)c2)c(C(=O)N2C[C@@H]3C[C@@H]3C[C@H]2CNc2ccc(C(F)(F)F)cn2)n1. The van der Waals surface area contributed by atoms with Crippen LogP contribution in [0, 0.1) is 18.8 Å². The Bertz CT molecular complexity index is 1300. The molecule has 3 atom stereocenters. The Kier molecular flexibility index (Phi) is 6.11. The molecule has 1 aliphatic carbocycles.